The Balaban J connectivity index is 1.64. The van der Waals surface area contributed by atoms with E-state index in [1.165, 1.54) is 14.0 Å². The second-order valence-corrected chi connectivity index (χ2v) is 6.75. The van der Waals surface area contributed by atoms with Gasteiger partial charge in [-0.05, 0) is 38.3 Å². The summed E-state index contributed by atoms with van der Waals surface area (Å²) in [5, 5.41) is 16.5. The number of nitrogens with one attached hydrogen (secondary N) is 3. The highest BCUT2D eigenvalue weighted by Gasteiger charge is 2.38. The van der Waals surface area contributed by atoms with Crippen molar-refractivity contribution < 1.29 is 19.1 Å². The lowest BCUT2D eigenvalue weighted by molar-refractivity contribution is -0.129. The van der Waals surface area contributed by atoms with Gasteiger partial charge in [0, 0.05) is 6.04 Å². The third kappa shape index (κ3) is 4.42. The van der Waals surface area contributed by atoms with Crippen molar-refractivity contribution in [1.82, 2.24) is 16.0 Å². The van der Waals surface area contributed by atoms with Gasteiger partial charge in [0.15, 0.2) is 5.78 Å². The number of para-hydroxylation sites is 1. The Hall–Kier alpha value is -2.97. The molecular formula is C18H23N5O4. The number of rotatable bonds is 6. The van der Waals surface area contributed by atoms with Crippen molar-refractivity contribution in [2.75, 3.05) is 7.11 Å². The van der Waals surface area contributed by atoms with Gasteiger partial charge in [-0.2, -0.15) is 10.2 Å². The molecule has 2 aliphatic rings. The van der Waals surface area contributed by atoms with Crippen molar-refractivity contribution in [3.8, 4) is 5.75 Å². The first kappa shape index (κ1) is 18.8. The van der Waals surface area contributed by atoms with Gasteiger partial charge >= 0.3 is 6.03 Å². The molecule has 0 aromatic heterocycles. The molecule has 4 unspecified atom stereocenters. The number of carbonyl (C=O) groups is 3. The smallest absolute Gasteiger partial charge is 0.315 e. The molecule has 1 saturated carbocycles. The van der Waals surface area contributed by atoms with E-state index in [4.69, 9.17) is 4.74 Å². The summed E-state index contributed by atoms with van der Waals surface area (Å²) in [6.07, 6.45) is 2.11. The first-order chi connectivity index (χ1) is 13.0. The van der Waals surface area contributed by atoms with Gasteiger partial charge in [-0.25, -0.2) is 4.79 Å². The molecule has 0 radical (unpaired) electrons. The molecule has 27 heavy (non-hydrogen) atoms. The Bertz CT molecular complexity index is 766. The number of nitrogens with zero attached hydrogens (tertiary/aromatic N) is 2. The van der Waals surface area contributed by atoms with Crippen molar-refractivity contribution in [3.63, 3.8) is 0 Å². The lowest BCUT2D eigenvalue weighted by Crippen LogP contribution is -2.50. The van der Waals surface area contributed by atoms with Crippen LogP contribution in [0.4, 0.5) is 10.5 Å². The topological polar surface area (TPSA) is 121 Å². The van der Waals surface area contributed by atoms with Gasteiger partial charge < -0.3 is 20.7 Å². The number of ketones is 1. The lowest BCUT2D eigenvalue weighted by Gasteiger charge is -2.31. The van der Waals surface area contributed by atoms with Crippen LogP contribution in [-0.2, 0) is 9.59 Å². The largest absolute Gasteiger partial charge is 0.494 e. The van der Waals surface area contributed by atoms with Crippen LogP contribution in [0.5, 0.6) is 5.75 Å². The molecule has 0 bridgehead atoms. The van der Waals surface area contributed by atoms with Crippen LogP contribution in [0.15, 0.2) is 34.5 Å². The average molecular weight is 373 g/mol. The van der Waals surface area contributed by atoms with Crippen LogP contribution in [0, 0.1) is 0 Å². The second-order valence-electron chi connectivity index (χ2n) is 6.75. The summed E-state index contributed by atoms with van der Waals surface area (Å²) >= 11 is 0. The number of azo groups is 1. The summed E-state index contributed by atoms with van der Waals surface area (Å²) in [5.41, 5.74) is 0.444. The van der Waals surface area contributed by atoms with Gasteiger partial charge in [0.2, 0.25) is 6.04 Å². The number of urea groups is 1. The minimum absolute atomic E-state index is 0.0115. The number of benzene rings is 1. The maximum absolute atomic E-state index is 12.6. The number of methoxy groups -OCH3 is 1. The maximum Gasteiger partial charge on any atom is 0.315 e. The van der Waals surface area contributed by atoms with Crippen molar-refractivity contribution in [3.05, 3.63) is 24.3 Å². The van der Waals surface area contributed by atoms with Crippen LogP contribution in [-0.4, -0.2) is 49.0 Å². The number of Topliss-reactive ketones (excluding diaryl/α,β-unsaturated/α-hetero) is 1. The fraction of sp³-hybridized carbons (Fsp3) is 0.500. The van der Waals surface area contributed by atoms with Gasteiger partial charge in [0.05, 0.1) is 19.2 Å². The molecule has 4 atom stereocenters. The quantitative estimate of drug-likeness (QED) is 0.516. The molecule has 1 aromatic rings. The molecule has 1 saturated heterocycles. The van der Waals surface area contributed by atoms with E-state index in [-0.39, 0.29) is 24.2 Å². The zero-order valence-corrected chi connectivity index (χ0v) is 15.3. The molecule has 3 amide bonds. The van der Waals surface area contributed by atoms with E-state index in [1.807, 2.05) is 0 Å². The molecule has 1 heterocycles. The number of hydrogen-bond donors (Lipinski definition) is 3. The molecule has 3 rings (SSSR count). The molecule has 1 aromatic carbocycles. The van der Waals surface area contributed by atoms with E-state index in [9.17, 15) is 14.4 Å². The van der Waals surface area contributed by atoms with Crippen LogP contribution < -0.4 is 20.7 Å². The van der Waals surface area contributed by atoms with Crippen LogP contribution in [0.25, 0.3) is 0 Å². The number of hydrogen-bond acceptors (Lipinski definition) is 6. The number of amides is 3. The van der Waals surface area contributed by atoms with Crippen molar-refractivity contribution in [2.24, 2.45) is 10.2 Å². The third-order valence-electron chi connectivity index (χ3n) is 4.83. The third-order valence-corrected chi connectivity index (χ3v) is 4.83. The monoisotopic (exact) mass is 373 g/mol. The highest BCUT2D eigenvalue weighted by Crippen LogP contribution is 2.27. The Kier molecular flexibility index (Phi) is 5.68. The predicted octanol–water partition coefficient (Wildman–Crippen LogP) is 1.46. The summed E-state index contributed by atoms with van der Waals surface area (Å²) in [5.74, 6) is -0.371. The molecule has 1 aliphatic carbocycles. The summed E-state index contributed by atoms with van der Waals surface area (Å²) < 4.78 is 5.19. The lowest BCUT2D eigenvalue weighted by atomic mass is 9.87. The molecule has 1 aliphatic heterocycles. The Morgan fingerprint density at radius 1 is 1.22 bits per heavy atom. The van der Waals surface area contributed by atoms with E-state index >= 15 is 0 Å². The SMILES string of the molecule is COc1ccccc1N=NC(C(C)=O)C(=O)NC1CCC2NC(=O)NC2C1. The van der Waals surface area contributed by atoms with Gasteiger partial charge in [-0.15, -0.1) is 0 Å². The molecule has 9 nitrogen and oxygen atoms in total. The normalized spacial score (nSPS) is 25.3. The fourth-order valence-corrected chi connectivity index (χ4v) is 3.44. The van der Waals surface area contributed by atoms with Gasteiger partial charge in [0.25, 0.3) is 5.91 Å². The standard InChI is InChI=1S/C18H23N5O4/c1-10(24)16(23-22-13-5-3-4-6-15(13)27-2)17(25)19-11-7-8-12-14(9-11)21-18(26)20-12/h3-6,11-12,14,16H,7-9H2,1-2H3,(H,19,25)(H2,20,21,26). The molecule has 144 valence electrons. The summed E-state index contributed by atoms with van der Waals surface area (Å²) in [6, 6.07) is 5.54. The zero-order chi connectivity index (χ0) is 19.4. The van der Waals surface area contributed by atoms with Gasteiger partial charge in [0.1, 0.15) is 11.4 Å². The van der Waals surface area contributed by atoms with Crippen LogP contribution in [0.1, 0.15) is 26.2 Å². The maximum atomic E-state index is 12.6. The number of ether oxygens (including phenoxy) is 1. The van der Waals surface area contributed by atoms with E-state index in [2.05, 4.69) is 26.2 Å². The molecule has 0 spiro atoms. The molecule has 2 fully saturated rings. The number of carbonyl (C=O) groups excluding carboxylic acids is 3. The van der Waals surface area contributed by atoms with Crippen molar-refractivity contribution >= 4 is 23.4 Å². The Morgan fingerprint density at radius 2 is 1.96 bits per heavy atom. The summed E-state index contributed by atoms with van der Waals surface area (Å²) in [7, 11) is 1.51. The average Bonchev–Trinajstić information content (AvgIpc) is 3.01. The number of fused-ring (bicyclic) bond motifs is 1. The minimum Gasteiger partial charge on any atom is -0.494 e. The highest BCUT2D eigenvalue weighted by molar-refractivity contribution is 6.04. The second kappa shape index (κ2) is 8.15. The van der Waals surface area contributed by atoms with E-state index in [1.54, 1.807) is 24.3 Å². The first-order valence-electron chi connectivity index (χ1n) is 8.89. The van der Waals surface area contributed by atoms with Gasteiger partial charge in [-0.1, -0.05) is 12.1 Å². The summed E-state index contributed by atoms with van der Waals surface area (Å²) in [4.78, 5) is 35.9. The van der Waals surface area contributed by atoms with Crippen LogP contribution >= 0.6 is 0 Å². The highest BCUT2D eigenvalue weighted by atomic mass is 16.5. The van der Waals surface area contributed by atoms with Crippen LogP contribution in [0.2, 0.25) is 0 Å². The fourth-order valence-electron chi connectivity index (χ4n) is 3.44. The van der Waals surface area contributed by atoms with Crippen molar-refractivity contribution in [2.45, 2.75) is 50.4 Å². The molecular weight excluding hydrogens is 350 g/mol. The van der Waals surface area contributed by atoms with Crippen molar-refractivity contribution in [1.29, 1.82) is 0 Å². The first-order valence-corrected chi connectivity index (χ1v) is 8.89. The molecule has 3 N–H and O–H groups in total. The van der Waals surface area contributed by atoms with Crippen LogP contribution in [0.3, 0.4) is 0 Å². The Labute approximate surface area is 156 Å². The molecule has 9 heteroatoms. The zero-order valence-electron chi connectivity index (χ0n) is 15.3. The minimum atomic E-state index is -1.22. The van der Waals surface area contributed by atoms with Gasteiger partial charge in [-0.3, -0.25) is 9.59 Å². The Morgan fingerprint density at radius 3 is 2.70 bits per heavy atom. The predicted molar refractivity (Wildman–Crippen MR) is 97.0 cm³/mol. The van der Waals surface area contributed by atoms with E-state index in [0.29, 0.717) is 17.9 Å². The summed E-state index contributed by atoms with van der Waals surface area (Å²) in [6.45, 7) is 1.31. The van der Waals surface area contributed by atoms with E-state index < -0.39 is 17.7 Å². The van der Waals surface area contributed by atoms with E-state index in [0.717, 1.165) is 12.8 Å².